The first-order valence-corrected chi connectivity index (χ1v) is 15.1. The van der Waals surface area contributed by atoms with Crippen molar-refractivity contribution in [1.82, 2.24) is 24.4 Å². The number of hydrogen-bond acceptors (Lipinski definition) is 9. The maximum absolute atomic E-state index is 13.5. The topological polar surface area (TPSA) is 105 Å². The summed E-state index contributed by atoms with van der Waals surface area (Å²) >= 11 is 0. The molecule has 1 saturated carbocycles. The van der Waals surface area contributed by atoms with E-state index in [2.05, 4.69) is 26.2 Å². The second kappa shape index (κ2) is 10.5. The first-order chi connectivity index (χ1) is 19.9. The van der Waals surface area contributed by atoms with Gasteiger partial charge in [0.15, 0.2) is 5.78 Å². The highest BCUT2D eigenvalue weighted by atomic mass is 16.5. The fourth-order valence-electron chi connectivity index (χ4n) is 7.55. The molecule has 0 aromatic carbocycles. The van der Waals surface area contributed by atoms with Crippen molar-refractivity contribution < 1.29 is 9.53 Å². The van der Waals surface area contributed by atoms with Crippen molar-refractivity contribution in [2.45, 2.75) is 70.9 Å². The van der Waals surface area contributed by atoms with E-state index in [4.69, 9.17) is 14.7 Å². The zero-order chi connectivity index (χ0) is 28.1. The Morgan fingerprint density at radius 1 is 1.02 bits per heavy atom. The van der Waals surface area contributed by atoms with Crippen LogP contribution in [-0.2, 0) is 4.74 Å². The minimum atomic E-state index is -0.243. The SMILES string of the molecule is CC(=O)c1c(C)c2cnc(Nc3ccc(N4CCCC5(CCN(C6COC6)C5)C4)cn3)nc2n(C2CCCC2)c1=O. The molecule has 1 spiro atoms. The molecule has 1 aliphatic carbocycles. The van der Waals surface area contributed by atoms with Gasteiger partial charge < -0.3 is 15.0 Å². The van der Waals surface area contributed by atoms with Gasteiger partial charge >= 0.3 is 0 Å². The Morgan fingerprint density at radius 3 is 2.56 bits per heavy atom. The average molecular weight is 558 g/mol. The van der Waals surface area contributed by atoms with Crippen LogP contribution in [0.15, 0.2) is 29.3 Å². The van der Waals surface area contributed by atoms with Crippen molar-refractivity contribution in [1.29, 1.82) is 0 Å². The van der Waals surface area contributed by atoms with Crippen molar-refractivity contribution in [2.75, 3.05) is 49.6 Å². The Balaban J connectivity index is 1.11. The number of pyridine rings is 2. The Hall–Kier alpha value is -3.37. The summed E-state index contributed by atoms with van der Waals surface area (Å²) in [6.45, 7) is 9.51. The van der Waals surface area contributed by atoms with E-state index >= 15 is 0 Å². The van der Waals surface area contributed by atoms with Crippen LogP contribution in [0, 0.1) is 12.3 Å². The molecule has 3 aromatic heterocycles. The summed E-state index contributed by atoms with van der Waals surface area (Å²) in [7, 11) is 0. The van der Waals surface area contributed by atoms with Crippen molar-refractivity contribution in [2.24, 2.45) is 5.41 Å². The molecule has 3 aromatic rings. The van der Waals surface area contributed by atoms with E-state index in [1.165, 1.54) is 39.3 Å². The van der Waals surface area contributed by atoms with Crippen LogP contribution in [0.2, 0.25) is 0 Å². The Morgan fingerprint density at radius 2 is 1.85 bits per heavy atom. The van der Waals surface area contributed by atoms with Crippen molar-refractivity contribution >= 4 is 34.3 Å². The van der Waals surface area contributed by atoms with Crippen LogP contribution >= 0.6 is 0 Å². The van der Waals surface area contributed by atoms with Crippen molar-refractivity contribution in [3.8, 4) is 0 Å². The summed E-state index contributed by atoms with van der Waals surface area (Å²) < 4.78 is 7.18. The highest BCUT2D eigenvalue weighted by Gasteiger charge is 2.44. The molecular weight excluding hydrogens is 518 g/mol. The molecule has 3 saturated heterocycles. The van der Waals surface area contributed by atoms with Gasteiger partial charge in [0.25, 0.3) is 5.56 Å². The lowest BCUT2D eigenvalue weighted by molar-refractivity contribution is -0.0605. The molecule has 7 rings (SSSR count). The monoisotopic (exact) mass is 557 g/mol. The average Bonchev–Trinajstić information content (AvgIpc) is 3.59. The molecule has 1 unspecified atom stereocenters. The van der Waals surface area contributed by atoms with Gasteiger partial charge in [-0.3, -0.25) is 19.1 Å². The Bertz CT molecular complexity index is 1530. The predicted molar refractivity (Wildman–Crippen MR) is 158 cm³/mol. The van der Waals surface area contributed by atoms with Gasteiger partial charge in [0.05, 0.1) is 36.7 Å². The van der Waals surface area contributed by atoms with E-state index in [0.717, 1.165) is 63.1 Å². The molecule has 3 aliphatic heterocycles. The maximum Gasteiger partial charge on any atom is 0.263 e. The summed E-state index contributed by atoms with van der Waals surface area (Å²) in [4.78, 5) is 45.1. The van der Waals surface area contributed by atoms with Gasteiger partial charge in [0.2, 0.25) is 5.95 Å². The highest BCUT2D eigenvalue weighted by molar-refractivity contribution is 5.99. The number of ether oxygens (including phenoxy) is 1. The summed E-state index contributed by atoms with van der Waals surface area (Å²) in [6.07, 6.45) is 11.4. The summed E-state index contributed by atoms with van der Waals surface area (Å²) in [6, 6.07) is 4.76. The van der Waals surface area contributed by atoms with Gasteiger partial charge in [-0.25, -0.2) is 9.97 Å². The first-order valence-electron chi connectivity index (χ1n) is 15.1. The van der Waals surface area contributed by atoms with E-state index in [9.17, 15) is 9.59 Å². The number of aryl methyl sites for hydroxylation is 1. The molecule has 0 bridgehead atoms. The second-order valence-electron chi connectivity index (χ2n) is 12.6. The number of ketones is 1. The molecule has 6 heterocycles. The third-order valence-corrected chi connectivity index (χ3v) is 9.87. The quantitative estimate of drug-likeness (QED) is 0.445. The number of fused-ring (bicyclic) bond motifs is 1. The van der Waals surface area contributed by atoms with Gasteiger partial charge in [-0.05, 0) is 70.2 Å². The third-order valence-electron chi connectivity index (χ3n) is 9.87. The van der Waals surface area contributed by atoms with E-state index in [0.29, 0.717) is 34.4 Å². The van der Waals surface area contributed by atoms with Crippen LogP contribution < -0.4 is 15.8 Å². The number of rotatable bonds is 6. The van der Waals surface area contributed by atoms with Crippen LogP contribution in [0.5, 0.6) is 0 Å². The number of Topliss-reactive ketones (excluding diaryl/α,β-unsaturated/α-hetero) is 1. The molecule has 0 amide bonds. The number of carbonyl (C=O) groups is 1. The van der Waals surface area contributed by atoms with Crippen LogP contribution in [-0.4, -0.2) is 75.6 Å². The van der Waals surface area contributed by atoms with Gasteiger partial charge in [-0.1, -0.05) is 12.8 Å². The number of carbonyl (C=O) groups excluding carboxylic acids is 1. The lowest BCUT2D eigenvalue weighted by Gasteiger charge is -2.43. The van der Waals surface area contributed by atoms with E-state index in [-0.39, 0.29) is 22.9 Å². The summed E-state index contributed by atoms with van der Waals surface area (Å²) in [5.41, 5.74) is 2.73. The number of likely N-dealkylation sites (tertiary alicyclic amines) is 1. The lowest BCUT2D eigenvalue weighted by atomic mass is 9.79. The van der Waals surface area contributed by atoms with E-state index in [1.807, 2.05) is 19.2 Å². The van der Waals surface area contributed by atoms with Gasteiger partial charge in [0.1, 0.15) is 11.5 Å². The smallest absolute Gasteiger partial charge is 0.263 e. The number of anilines is 3. The molecule has 216 valence electrons. The normalized spacial score (nSPS) is 23.9. The number of aromatic nitrogens is 4. The molecule has 0 radical (unpaired) electrons. The van der Waals surface area contributed by atoms with Crippen LogP contribution in [0.25, 0.3) is 11.0 Å². The van der Waals surface area contributed by atoms with E-state index < -0.39 is 0 Å². The highest BCUT2D eigenvalue weighted by Crippen LogP contribution is 2.41. The van der Waals surface area contributed by atoms with Crippen LogP contribution in [0.4, 0.5) is 17.5 Å². The molecule has 1 atom stereocenters. The van der Waals surface area contributed by atoms with Crippen LogP contribution in [0.1, 0.15) is 73.8 Å². The van der Waals surface area contributed by atoms with Crippen molar-refractivity contribution in [3.63, 3.8) is 0 Å². The first kappa shape index (κ1) is 26.5. The fourth-order valence-corrected chi connectivity index (χ4v) is 7.55. The Kier molecular flexibility index (Phi) is 6.78. The molecule has 4 fully saturated rings. The maximum atomic E-state index is 13.5. The lowest BCUT2D eigenvalue weighted by Crippen LogP contribution is -2.50. The van der Waals surface area contributed by atoms with Crippen LogP contribution in [0.3, 0.4) is 0 Å². The zero-order valence-electron chi connectivity index (χ0n) is 24.1. The fraction of sp³-hybridized carbons (Fsp3) is 0.581. The molecule has 1 N–H and O–H groups in total. The number of nitrogens with one attached hydrogen (secondary N) is 1. The summed E-state index contributed by atoms with van der Waals surface area (Å²) in [5.74, 6) is 0.830. The largest absolute Gasteiger partial charge is 0.378 e. The standard InChI is InChI=1S/C31H39N7O3/c1-20-25-15-33-30(35-28(25)38(22-6-3-4-7-22)29(40)27(20)21(2)39)34-26-9-8-23(14-32-26)36-12-5-10-31(18-36)11-13-37(19-31)24-16-41-17-24/h8-9,14-15,22,24H,3-7,10-13,16-19H2,1-2H3,(H,32,33,34,35). The van der Waals surface area contributed by atoms with Crippen molar-refractivity contribution in [3.05, 3.63) is 46.0 Å². The van der Waals surface area contributed by atoms with E-state index in [1.54, 1.807) is 10.8 Å². The number of hydrogen-bond donors (Lipinski definition) is 1. The number of piperidine rings is 1. The Labute approximate surface area is 240 Å². The molecule has 10 nitrogen and oxygen atoms in total. The van der Waals surface area contributed by atoms with Gasteiger partial charge in [-0.2, -0.15) is 4.98 Å². The van der Waals surface area contributed by atoms with Gasteiger partial charge in [0, 0.05) is 42.7 Å². The zero-order valence-corrected chi connectivity index (χ0v) is 24.1. The van der Waals surface area contributed by atoms with Gasteiger partial charge in [-0.15, -0.1) is 0 Å². The molecular formula is C31H39N7O3. The molecule has 41 heavy (non-hydrogen) atoms. The second-order valence-corrected chi connectivity index (χ2v) is 12.6. The number of nitrogens with zero attached hydrogens (tertiary/aromatic N) is 6. The predicted octanol–water partition coefficient (Wildman–Crippen LogP) is 4.25. The summed E-state index contributed by atoms with van der Waals surface area (Å²) in [5, 5.41) is 3.99. The minimum Gasteiger partial charge on any atom is -0.378 e. The minimum absolute atomic E-state index is 0.0469. The molecule has 4 aliphatic rings. The molecule has 10 heteroatoms. The third kappa shape index (κ3) is 4.80.